The maximum atomic E-state index is 11.9. The molecule has 2 N–H and O–H groups in total. The number of para-hydroxylation sites is 1. The summed E-state index contributed by atoms with van der Waals surface area (Å²) in [7, 11) is 1.27. The molecular formula is C14H12N4O3. The van der Waals surface area contributed by atoms with Crippen LogP contribution in [-0.4, -0.2) is 28.0 Å². The second-order valence-electron chi connectivity index (χ2n) is 4.32. The second kappa shape index (κ2) is 5.12. The number of methoxy groups -OCH3 is 1. The fourth-order valence-electron chi connectivity index (χ4n) is 2.03. The van der Waals surface area contributed by atoms with Crippen LogP contribution in [0.25, 0.3) is 16.6 Å². The summed E-state index contributed by atoms with van der Waals surface area (Å²) >= 11 is 0. The SMILES string of the molecule is COC(=O)Nc1cc2c(cn1)c(=O)[nH]n2-c1ccccc1. The van der Waals surface area contributed by atoms with Crippen LogP contribution in [0.2, 0.25) is 0 Å². The van der Waals surface area contributed by atoms with Gasteiger partial charge in [0.25, 0.3) is 5.56 Å². The number of pyridine rings is 1. The van der Waals surface area contributed by atoms with Gasteiger partial charge in [0.2, 0.25) is 0 Å². The van der Waals surface area contributed by atoms with E-state index in [1.165, 1.54) is 13.3 Å². The number of carbonyl (C=O) groups excluding carboxylic acids is 1. The highest BCUT2D eigenvalue weighted by molar-refractivity contribution is 5.88. The highest BCUT2D eigenvalue weighted by Gasteiger charge is 2.11. The molecule has 21 heavy (non-hydrogen) atoms. The van der Waals surface area contributed by atoms with Crippen molar-refractivity contribution in [1.82, 2.24) is 14.8 Å². The zero-order chi connectivity index (χ0) is 14.8. The number of hydrogen-bond acceptors (Lipinski definition) is 4. The van der Waals surface area contributed by atoms with Crippen LogP contribution in [-0.2, 0) is 4.74 Å². The van der Waals surface area contributed by atoms with Crippen molar-refractivity contribution in [2.45, 2.75) is 0 Å². The predicted octanol–water partition coefficient (Wildman–Crippen LogP) is 1.89. The number of nitrogens with zero attached hydrogens (tertiary/aromatic N) is 2. The Hall–Kier alpha value is -3.09. The number of amides is 1. The summed E-state index contributed by atoms with van der Waals surface area (Å²) in [6, 6.07) is 11.0. The highest BCUT2D eigenvalue weighted by atomic mass is 16.5. The smallest absolute Gasteiger partial charge is 0.412 e. The normalized spacial score (nSPS) is 10.5. The molecule has 7 heteroatoms. The number of benzene rings is 1. The monoisotopic (exact) mass is 284 g/mol. The summed E-state index contributed by atoms with van der Waals surface area (Å²) in [5.74, 6) is 0.304. The molecule has 0 saturated heterocycles. The van der Waals surface area contributed by atoms with Crippen LogP contribution in [0.15, 0.2) is 47.4 Å². The van der Waals surface area contributed by atoms with Gasteiger partial charge in [0.05, 0.1) is 23.7 Å². The third-order valence-electron chi connectivity index (χ3n) is 3.01. The minimum absolute atomic E-state index is 0.244. The maximum absolute atomic E-state index is 11.9. The molecule has 2 aromatic heterocycles. The molecule has 0 aliphatic heterocycles. The Balaban J connectivity index is 2.15. The lowest BCUT2D eigenvalue weighted by molar-refractivity contribution is 0.187. The Morgan fingerprint density at radius 2 is 2.10 bits per heavy atom. The van der Waals surface area contributed by atoms with Gasteiger partial charge < -0.3 is 4.74 Å². The zero-order valence-electron chi connectivity index (χ0n) is 11.2. The first-order valence-corrected chi connectivity index (χ1v) is 6.20. The molecule has 0 bridgehead atoms. The first kappa shape index (κ1) is 12.9. The van der Waals surface area contributed by atoms with Gasteiger partial charge in [-0.05, 0) is 12.1 Å². The topological polar surface area (TPSA) is 89.0 Å². The van der Waals surface area contributed by atoms with E-state index in [-0.39, 0.29) is 5.56 Å². The van der Waals surface area contributed by atoms with Crippen molar-refractivity contribution >= 4 is 22.8 Å². The molecule has 0 aliphatic carbocycles. The molecule has 0 atom stereocenters. The Kier molecular flexibility index (Phi) is 3.15. The number of H-pyrrole nitrogens is 1. The van der Waals surface area contributed by atoms with E-state index in [2.05, 4.69) is 20.1 Å². The van der Waals surface area contributed by atoms with Gasteiger partial charge in [-0.25, -0.2) is 9.78 Å². The lowest BCUT2D eigenvalue weighted by Crippen LogP contribution is -2.12. The maximum Gasteiger partial charge on any atom is 0.412 e. The number of fused-ring (bicyclic) bond motifs is 1. The number of hydrogen-bond donors (Lipinski definition) is 2. The summed E-state index contributed by atoms with van der Waals surface area (Å²) in [6.07, 6.45) is 0.796. The van der Waals surface area contributed by atoms with Crippen molar-refractivity contribution in [2.75, 3.05) is 12.4 Å². The van der Waals surface area contributed by atoms with E-state index >= 15 is 0 Å². The van der Waals surface area contributed by atoms with Crippen molar-refractivity contribution in [1.29, 1.82) is 0 Å². The molecule has 7 nitrogen and oxygen atoms in total. The molecule has 0 spiro atoms. The first-order valence-electron chi connectivity index (χ1n) is 6.20. The Morgan fingerprint density at radius 1 is 1.33 bits per heavy atom. The minimum Gasteiger partial charge on any atom is -0.453 e. The van der Waals surface area contributed by atoms with Crippen molar-refractivity contribution in [2.24, 2.45) is 0 Å². The zero-order valence-corrected chi connectivity index (χ0v) is 11.2. The van der Waals surface area contributed by atoms with Gasteiger partial charge in [-0.1, -0.05) is 18.2 Å². The molecule has 0 fully saturated rings. The third kappa shape index (κ3) is 2.36. The Labute approximate surface area is 119 Å². The van der Waals surface area contributed by atoms with E-state index in [9.17, 15) is 9.59 Å². The third-order valence-corrected chi connectivity index (χ3v) is 3.01. The predicted molar refractivity (Wildman–Crippen MR) is 77.7 cm³/mol. The van der Waals surface area contributed by atoms with Crippen LogP contribution >= 0.6 is 0 Å². The minimum atomic E-state index is -0.619. The Bertz CT molecular complexity index is 852. The van der Waals surface area contributed by atoms with Gasteiger partial charge in [0.1, 0.15) is 5.82 Å². The molecule has 3 aromatic rings. The van der Waals surface area contributed by atoms with Gasteiger partial charge in [0, 0.05) is 12.3 Å². The van der Waals surface area contributed by atoms with E-state index in [0.717, 1.165) is 5.69 Å². The van der Waals surface area contributed by atoms with Gasteiger partial charge in [-0.15, -0.1) is 0 Å². The van der Waals surface area contributed by atoms with Crippen LogP contribution in [0.5, 0.6) is 0 Å². The number of carbonyl (C=O) groups is 1. The number of ether oxygens (including phenoxy) is 1. The largest absolute Gasteiger partial charge is 0.453 e. The van der Waals surface area contributed by atoms with E-state index in [4.69, 9.17) is 0 Å². The molecular weight excluding hydrogens is 272 g/mol. The number of anilines is 1. The Morgan fingerprint density at radius 3 is 2.81 bits per heavy atom. The van der Waals surface area contributed by atoms with Crippen molar-refractivity contribution in [3.63, 3.8) is 0 Å². The summed E-state index contributed by atoms with van der Waals surface area (Å²) in [5.41, 5.74) is 1.18. The number of nitrogens with one attached hydrogen (secondary N) is 2. The van der Waals surface area contributed by atoms with Gasteiger partial charge >= 0.3 is 6.09 Å². The van der Waals surface area contributed by atoms with Crippen LogP contribution in [0.1, 0.15) is 0 Å². The van der Waals surface area contributed by atoms with E-state index in [0.29, 0.717) is 16.7 Å². The van der Waals surface area contributed by atoms with Crippen LogP contribution in [0, 0.1) is 0 Å². The summed E-state index contributed by atoms with van der Waals surface area (Å²) in [5, 5.41) is 5.65. The highest BCUT2D eigenvalue weighted by Crippen LogP contribution is 2.17. The fraction of sp³-hybridized carbons (Fsp3) is 0.0714. The van der Waals surface area contributed by atoms with Crippen molar-refractivity contribution in [3.8, 4) is 5.69 Å². The summed E-state index contributed by atoms with van der Waals surface area (Å²) < 4.78 is 6.16. The molecule has 1 aromatic carbocycles. The molecule has 1 amide bonds. The second-order valence-corrected chi connectivity index (χ2v) is 4.32. The molecule has 3 rings (SSSR count). The van der Waals surface area contributed by atoms with Crippen molar-refractivity contribution < 1.29 is 9.53 Å². The van der Waals surface area contributed by atoms with Crippen LogP contribution < -0.4 is 10.9 Å². The van der Waals surface area contributed by atoms with E-state index in [1.807, 2.05) is 30.3 Å². The average Bonchev–Trinajstić information content (AvgIpc) is 2.85. The van der Waals surface area contributed by atoms with Crippen LogP contribution in [0.3, 0.4) is 0 Å². The van der Waals surface area contributed by atoms with Gasteiger partial charge in [-0.3, -0.25) is 19.9 Å². The van der Waals surface area contributed by atoms with Gasteiger partial charge in [0.15, 0.2) is 0 Å². The lowest BCUT2D eigenvalue weighted by atomic mass is 10.3. The molecule has 0 unspecified atom stereocenters. The quantitative estimate of drug-likeness (QED) is 0.752. The average molecular weight is 284 g/mol. The number of rotatable bonds is 2. The number of aromatic amines is 1. The molecule has 2 heterocycles. The summed E-state index contributed by atoms with van der Waals surface area (Å²) in [6.45, 7) is 0. The molecule has 106 valence electrons. The molecule has 0 aliphatic rings. The lowest BCUT2D eigenvalue weighted by Gasteiger charge is -2.06. The van der Waals surface area contributed by atoms with E-state index in [1.54, 1.807) is 10.7 Å². The molecule has 0 saturated carbocycles. The van der Waals surface area contributed by atoms with Crippen LogP contribution in [0.4, 0.5) is 10.6 Å². The van der Waals surface area contributed by atoms with E-state index < -0.39 is 6.09 Å². The fourth-order valence-corrected chi connectivity index (χ4v) is 2.03. The molecule has 0 radical (unpaired) electrons. The number of aromatic nitrogens is 3. The summed E-state index contributed by atoms with van der Waals surface area (Å²) in [4.78, 5) is 27.2. The first-order chi connectivity index (χ1) is 10.2. The van der Waals surface area contributed by atoms with Crippen molar-refractivity contribution in [3.05, 3.63) is 52.9 Å². The standard InChI is InChI=1S/C14H12N4O3/c1-21-14(20)16-12-7-11-10(8-15-12)13(19)17-18(11)9-5-3-2-4-6-9/h2-8H,1H3,(H,17,19)(H,15,16,20). The van der Waals surface area contributed by atoms with Gasteiger partial charge in [-0.2, -0.15) is 0 Å².